The van der Waals surface area contributed by atoms with E-state index in [0.29, 0.717) is 5.56 Å². The Morgan fingerprint density at radius 2 is 1.96 bits per heavy atom. The molecule has 0 spiro atoms. The average molecular weight is 378 g/mol. The van der Waals surface area contributed by atoms with E-state index < -0.39 is 14.9 Å². The molecule has 1 saturated carbocycles. The lowest BCUT2D eigenvalue weighted by atomic mass is 9.84. The number of halogens is 1. The molecular formula is C15H24ClN3O4S. The maximum Gasteiger partial charge on any atom is 0.272 e. The number of hydrogen-bond donors (Lipinski definition) is 2. The van der Waals surface area contributed by atoms with Crippen LogP contribution in [0.2, 0.25) is 0 Å². The molecule has 3 N–H and O–H groups in total. The number of rotatable bonds is 6. The maximum absolute atomic E-state index is 12.5. The Morgan fingerprint density at radius 1 is 1.33 bits per heavy atom. The second-order valence-corrected chi connectivity index (χ2v) is 7.78. The van der Waals surface area contributed by atoms with Crippen LogP contribution in [-0.4, -0.2) is 25.9 Å². The molecule has 2 rings (SSSR count). The minimum atomic E-state index is -3.74. The molecule has 1 aromatic rings. The van der Waals surface area contributed by atoms with Gasteiger partial charge in [-0.2, -0.15) is 0 Å². The summed E-state index contributed by atoms with van der Waals surface area (Å²) < 4.78 is 27.8. The largest absolute Gasteiger partial charge is 0.329 e. The van der Waals surface area contributed by atoms with E-state index in [1.807, 2.05) is 0 Å². The number of benzene rings is 1. The molecule has 136 valence electrons. The fourth-order valence-electron chi connectivity index (χ4n) is 3.14. The summed E-state index contributed by atoms with van der Waals surface area (Å²) in [5.74, 6) is 0.252. The van der Waals surface area contributed by atoms with E-state index in [1.54, 1.807) is 0 Å². The summed E-state index contributed by atoms with van der Waals surface area (Å²) in [6.45, 7) is 1.77. The van der Waals surface area contributed by atoms with Crippen LogP contribution in [0.25, 0.3) is 0 Å². The first-order valence-corrected chi connectivity index (χ1v) is 9.31. The van der Waals surface area contributed by atoms with Gasteiger partial charge in [-0.25, -0.2) is 13.1 Å². The van der Waals surface area contributed by atoms with Crippen LogP contribution in [0.1, 0.15) is 37.7 Å². The monoisotopic (exact) mass is 377 g/mol. The molecule has 1 fully saturated rings. The van der Waals surface area contributed by atoms with Crippen LogP contribution in [-0.2, 0) is 10.0 Å². The molecule has 0 bridgehead atoms. The highest BCUT2D eigenvalue weighted by Crippen LogP contribution is 2.27. The quantitative estimate of drug-likeness (QED) is 0.583. The zero-order valence-electron chi connectivity index (χ0n) is 13.6. The van der Waals surface area contributed by atoms with E-state index in [-0.39, 0.29) is 41.5 Å². The molecule has 0 radical (unpaired) electrons. The van der Waals surface area contributed by atoms with Crippen LogP contribution < -0.4 is 10.5 Å². The Hall–Kier alpha value is -1.22. The van der Waals surface area contributed by atoms with Gasteiger partial charge in [0.2, 0.25) is 10.0 Å². The first-order valence-electron chi connectivity index (χ1n) is 7.82. The van der Waals surface area contributed by atoms with Gasteiger partial charge in [0, 0.05) is 24.2 Å². The highest BCUT2D eigenvalue weighted by Gasteiger charge is 2.28. The Balaban J connectivity index is 0.00000288. The van der Waals surface area contributed by atoms with Crippen LogP contribution in [0.15, 0.2) is 23.1 Å². The lowest BCUT2D eigenvalue weighted by molar-refractivity contribution is -0.385. The number of nitro groups is 1. The molecule has 24 heavy (non-hydrogen) atoms. The van der Waals surface area contributed by atoms with Crippen molar-refractivity contribution in [2.24, 2.45) is 11.7 Å². The van der Waals surface area contributed by atoms with Gasteiger partial charge in [-0.15, -0.1) is 12.4 Å². The number of nitrogens with two attached hydrogens (primary N) is 1. The fourth-order valence-corrected chi connectivity index (χ4v) is 4.54. The fraction of sp³-hybridized carbons (Fsp3) is 0.600. The standard InChI is InChI=1S/C15H23N3O4S.ClH/c1-11-9-13(7-8-15(11)18(19)20)23(21,22)17-14(10-16)12-5-3-2-4-6-12;/h7-9,12,14,17H,2-6,10,16H2,1H3;1H. The number of aryl methyl sites for hydroxylation is 1. The van der Waals surface area contributed by atoms with Crippen molar-refractivity contribution in [2.45, 2.75) is 50.0 Å². The first kappa shape index (κ1) is 20.8. The van der Waals surface area contributed by atoms with Crippen molar-refractivity contribution in [1.82, 2.24) is 4.72 Å². The Kier molecular flexibility index (Phi) is 7.59. The summed E-state index contributed by atoms with van der Waals surface area (Å²) >= 11 is 0. The minimum absolute atomic E-state index is 0. The van der Waals surface area contributed by atoms with Crippen molar-refractivity contribution < 1.29 is 13.3 Å². The second kappa shape index (κ2) is 8.75. The summed E-state index contributed by atoms with van der Waals surface area (Å²) in [6.07, 6.45) is 5.33. The third-order valence-corrected chi connectivity index (χ3v) is 5.94. The molecule has 1 aromatic carbocycles. The van der Waals surface area contributed by atoms with Crippen molar-refractivity contribution >= 4 is 28.1 Å². The Bertz CT molecular complexity index is 675. The Morgan fingerprint density at radius 3 is 2.46 bits per heavy atom. The van der Waals surface area contributed by atoms with Gasteiger partial charge in [0.1, 0.15) is 0 Å². The predicted molar refractivity (Wildman–Crippen MR) is 94.8 cm³/mol. The maximum atomic E-state index is 12.5. The number of sulfonamides is 1. The van der Waals surface area contributed by atoms with Crippen LogP contribution in [0.5, 0.6) is 0 Å². The molecule has 0 amide bonds. The van der Waals surface area contributed by atoms with Gasteiger partial charge in [0.15, 0.2) is 0 Å². The molecule has 9 heteroatoms. The van der Waals surface area contributed by atoms with Gasteiger partial charge in [-0.1, -0.05) is 19.3 Å². The summed E-state index contributed by atoms with van der Waals surface area (Å²) in [4.78, 5) is 10.4. The van der Waals surface area contributed by atoms with Gasteiger partial charge >= 0.3 is 0 Å². The number of nitro benzene ring substituents is 1. The van der Waals surface area contributed by atoms with E-state index in [4.69, 9.17) is 5.73 Å². The topological polar surface area (TPSA) is 115 Å². The van der Waals surface area contributed by atoms with Gasteiger partial charge in [-0.3, -0.25) is 10.1 Å². The van der Waals surface area contributed by atoms with Crippen LogP contribution in [0.3, 0.4) is 0 Å². The summed E-state index contributed by atoms with van der Waals surface area (Å²) in [5, 5.41) is 10.8. The van der Waals surface area contributed by atoms with Crippen molar-refractivity contribution in [3.05, 3.63) is 33.9 Å². The van der Waals surface area contributed by atoms with Crippen LogP contribution >= 0.6 is 12.4 Å². The lowest BCUT2D eigenvalue weighted by Gasteiger charge is -2.29. The molecule has 1 aliphatic rings. The Labute approximate surface area is 148 Å². The van der Waals surface area contributed by atoms with Gasteiger partial charge in [0.25, 0.3) is 5.69 Å². The van der Waals surface area contributed by atoms with Crippen LogP contribution in [0.4, 0.5) is 5.69 Å². The lowest BCUT2D eigenvalue weighted by Crippen LogP contribution is -2.45. The molecule has 0 saturated heterocycles. The third kappa shape index (κ3) is 4.89. The number of hydrogen-bond acceptors (Lipinski definition) is 5. The van der Waals surface area contributed by atoms with E-state index in [0.717, 1.165) is 25.7 Å². The van der Waals surface area contributed by atoms with Crippen molar-refractivity contribution in [3.63, 3.8) is 0 Å². The highest BCUT2D eigenvalue weighted by atomic mass is 35.5. The summed E-state index contributed by atoms with van der Waals surface area (Å²) in [5.41, 5.74) is 5.99. The van der Waals surface area contributed by atoms with E-state index >= 15 is 0 Å². The zero-order valence-corrected chi connectivity index (χ0v) is 15.2. The van der Waals surface area contributed by atoms with Gasteiger partial charge in [0.05, 0.1) is 9.82 Å². The molecule has 1 aliphatic carbocycles. The SMILES string of the molecule is Cc1cc(S(=O)(=O)NC(CN)C2CCCCC2)ccc1[N+](=O)[O-].Cl. The smallest absolute Gasteiger partial charge is 0.272 e. The molecule has 0 aliphatic heterocycles. The summed E-state index contributed by atoms with van der Waals surface area (Å²) in [7, 11) is -3.74. The van der Waals surface area contributed by atoms with Gasteiger partial charge in [-0.05, 0) is 37.8 Å². The third-order valence-electron chi connectivity index (χ3n) is 4.45. The molecule has 1 unspecified atom stereocenters. The first-order chi connectivity index (χ1) is 10.8. The predicted octanol–water partition coefficient (Wildman–Crippen LogP) is 2.51. The van der Waals surface area contributed by atoms with Crippen molar-refractivity contribution in [2.75, 3.05) is 6.54 Å². The number of nitrogens with one attached hydrogen (secondary N) is 1. The zero-order chi connectivity index (χ0) is 17.0. The number of nitrogens with zero attached hydrogens (tertiary/aromatic N) is 1. The molecule has 0 heterocycles. The second-order valence-electron chi connectivity index (χ2n) is 6.07. The normalized spacial score (nSPS) is 17.1. The van der Waals surface area contributed by atoms with Crippen molar-refractivity contribution in [1.29, 1.82) is 0 Å². The van der Waals surface area contributed by atoms with Crippen molar-refractivity contribution in [3.8, 4) is 0 Å². The average Bonchev–Trinajstić information content (AvgIpc) is 2.53. The minimum Gasteiger partial charge on any atom is -0.329 e. The molecule has 1 atom stereocenters. The van der Waals surface area contributed by atoms with E-state index in [9.17, 15) is 18.5 Å². The molecule has 0 aromatic heterocycles. The summed E-state index contributed by atoms with van der Waals surface area (Å²) in [6, 6.07) is 3.52. The van der Waals surface area contributed by atoms with E-state index in [1.165, 1.54) is 31.5 Å². The molecule has 7 nitrogen and oxygen atoms in total. The van der Waals surface area contributed by atoms with Crippen LogP contribution in [0, 0.1) is 23.0 Å². The van der Waals surface area contributed by atoms with Gasteiger partial charge < -0.3 is 5.73 Å². The van der Waals surface area contributed by atoms with E-state index in [2.05, 4.69) is 4.72 Å². The highest BCUT2D eigenvalue weighted by molar-refractivity contribution is 7.89. The molecular weight excluding hydrogens is 354 g/mol.